The topological polar surface area (TPSA) is 61.8 Å². The lowest BCUT2D eigenvalue weighted by Crippen LogP contribution is -2.27. The molecule has 0 aliphatic heterocycles. The Labute approximate surface area is 213 Å². The zero-order valence-electron chi connectivity index (χ0n) is 21.9. The van der Waals surface area contributed by atoms with Gasteiger partial charge < -0.3 is 10.2 Å². The van der Waals surface area contributed by atoms with Crippen molar-refractivity contribution in [3.05, 3.63) is 99.6 Å². The molecule has 1 N–H and O–H groups in total. The van der Waals surface area contributed by atoms with Gasteiger partial charge in [-0.05, 0) is 82.5 Å². The average Bonchev–Trinajstić information content (AvgIpc) is 2.85. The number of rotatable bonds is 6. The van der Waals surface area contributed by atoms with Crippen LogP contribution in [-0.4, -0.2) is 30.5 Å². The van der Waals surface area contributed by atoms with Crippen molar-refractivity contribution in [1.29, 1.82) is 0 Å². The van der Waals surface area contributed by atoms with Crippen LogP contribution < -0.4 is 10.2 Å². The number of hydrogen-bond donors (Lipinski definition) is 1. The molecular formula is C31H33N3O2. The first-order valence-electron chi connectivity index (χ1n) is 12.4. The molecule has 0 aromatic heterocycles. The third-order valence-corrected chi connectivity index (χ3v) is 6.68. The summed E-state index contributed by atoms with van der Waals surface area (Å²) in [7, 11) is 0. The number of aryl methyl sites for hydroxylation is 4. The van der Waals surface area contributed by atoms with Crippen LogP contribution in [0.4, 0.5) is 17.1 Å². The average molecular weight is 480 g/mol. The number of benzene rings is 3. The highest BCUT2D eigenvalue weighted by molar-refractivity contribution is 6.37. The maximum absolute atomic E-state index is 13.4. The van der Waals surface area contributed by atoms with E-state index in [2.05, 4.69) is 36.2 Å². The van der Waals surface area contributed by atoms with E-state index in [1.54, 1.807) is 12.1 Å². The Morgan fingerprint density at radius 3 is 2.11 bits per heavy atom. The van der Waals surface area contributed by atoms with Gasteiger partial charge in [0.25, 0.3) is 5.91 Å². The van der Waals surface area contributed by atoms with Crippen molar-refractivity contribution in [3.63, 3.8) is 0 Å². The van der Waals surface area contributed by atoms with Crippen LogP contribution in [0.5, 0.6) is 0 Å². The van der Waals surface area contributed by atoms with Gasteiger partial charge in [-0.1, -0.05) is 42.0 Å². The van der Waals surface area contributed by atoms with Gasteiger partial charge in [0, 0.05) is 35.6 Å². The van der Waals surface area contributed by atoms with Crippen molar-refractivity contribution in [2.45, 2.75) is 41.5 Å². The van der Waals surface area contributed by atoms with E-state index in [9.17, 15) is 9.59 Å². The summed E-state index contributed by atoms with van der Waals surface area (Å²) in [6, 6.07) is 17.6. The largest absolute Gasteiger partial charge is 0.372 e. The predicted molar refractivity (Wildman–Crippen MR) is 149 cm³/mol. The van der Waals surface area contributed by atoms with E-state index >= 15 is 0 Å². The lowest BCUT2D eigenvalue weighted by molar-refractivity contribution is -0.112. The normalized spacial score (nSPS) is 13.9. The molecule has 0 heterocycles. The minimum atomic E-state index is -0.425. The molecule has 0 atom stereocenters. The number of amides is 1. The van der Waals surface area contributed by atoms with Crippen LogP contribution in [0.25, 0.3) is 0 Å². The summed E-state index contributed by atoms with van der Waals surface area (Å²) in [6.07, 6.45) is 1.62. The van der Waals surface area contributed by atoms with Crippen molar-refractivity contribution >= 4 is 34.5 Å². The lowest BCUT2D eigenvalue weighted by atomic mass is 9.88. The third kappa shape index (κ3) is 4.87. The lowest BCUT2D eigenvalue weighted by Gasteiger charge is -2.22. The number of fused-ring (bicyclic) bond motifs is 1. The van der Waals surface area contributed by atoms with Crippen molar-refractivity contribution < 1.29 is 9.59 Å². The molecule has 36 heavy (non-hydrogen) atoms. The summed E-state index contributed by atoms with van der Waals surface area (Å²) in [6.45, 7) is 14.1. The fourth-order valence-corrected chi connectivity index (χ4v) is 4.83. The van der Waals surface area contributed by atoms with Gasteiger partial charge in [-0.2, -0.15) is 0 Å². The molecule has 3 aromatic rings. The van der Waals surface area contributed by atoms with E-state index in [0.717, 1.165) is 58.0 Å². The number of Topliss-reactive ketones (excluding diaryl/α,β-unsaturated/α-hetero) is 1. The Hall–Kier alpha value is -3.99. The second-order valence-corrected chi connectivity index (χ2v) is 9.30. The summed E-state index contributed by atoms with van der Waals surface area (Å²) >= 11 is 0. The van der Waals surface area contributed by atoms with Gasteiger partial charge in [0.05, 0.1) is 17.0 Å². The molecule has 0 fully saturated rings. The molecule has 1 aliphatic carbocycles. The number of hydrogen-bond acceptors (Lipinski definition) is 4. The summed E-state index contributed by atoms with van der Waals surface area (Å²) in [5.41, 5.74) is 8.69. The van der Waals surface area contributed by atoms with Crippen molar-refractivity contribution in [1.82, 2.24) is 0 Å². The molecule has 184 valence electrons. The standard InChI is InChI=1S/C31H33N3O2/c1-7-34(8-2)23-13-14-27(20(4)17-23)32-28-18-26(30(35)25-12-10-9-11-24(25)28)31(36)33-29-21(5)15-19(3)16-22(29)6/h9-18H,7-8H2,1-6H3,(H,33,36). The molecule has 4 rings (SSSR count). The van der Waals surface area contributed by atoms with Crippen molar-refractivity contribution in [2.75, 3.05) is 23.3 Å². The monoisotopic (exact) mass is 479 g/mol. The van der Waals surface area contributed by atoms with E-state index in [1.807, 2.05) is 64.1 Å². The molecule has 1 aliphatic rings. The molecule has 0 saturated carbocycles. The molecule has 0 bridgehead atoms. The molecule has 0 saturated heterocycles. The van der Waals surface area contributed by atoms with E-state index in [-0.39, 0.29) is 11.4 Å². The van der Waals surface area contributed by atoms with E-state index in [4.69, 9.17) is 4.99 Å². The molecule has 0 unspecified atom stereocenters. The van der Waals surface area contributed by atoms with Crippen LogP contribution in [0.1, 0.15) is 52.0 Å². The number of carbonyl (C=O) groups excluding carboxylic acids is 2. The predicted octanol–water partition coefficient (Wildman–Crippen LogP) is 6.65. The van der Waals surface area contributed by atoms with Crippen LogP contribution in [0.2, 0.25) is 0 Å². The maximum Gasteiger partial charge on any atom is 0.259 e. The van der Waals surface area contributed by atoms with E-state index < -0.39 is 5.91 Å². The van der Waals surface area contributed by atoms with E-state index in [0.29, 0.717) is 11.3 Å². The minimum Gasteiger partial charge on any atom is -0.372 e. The van der Waals surface area contributed by atoms with Gasteiger partial charge in [0.1, 0.15) is 0 Å². The molecule has 5 heteroatoms. The van der Waals surface area contributed by atoms with Crippen LogP contribution in [0.15, 0.2) is 71.2 Å². The van der Waals surface area contributed by atoms with Gasteiger partial charge >= 0.3 is 0 Å². The first-order valence-corrected chi connectivity index (χ1v) is 12.4. The Morgan fingerprint density at radius 2 is 1.50 bits per heavy atom. The quantitative estimate of drug-likeness (QED) is 0.403. The van der Waals surface area contributed by atoms with Crippen molar-refractivity contribution in [2.24, 2.45) is 4.99 Å². The Kier molecular flexibility index (Phi) is 7.20. The highest BCUT2D eigenvalue weighted by Crippen LogP contribution is 2.30. The number of anilines is 2. The highest BCUT2D eigenvalue weighted by atomic mass is 16.2. The third-order valence-electron chi connectivity index (χ3n) is 6.68. The van der Waals surface area contributed by atoms with E-state index in [1.165, 1.54) is 0 Å². The van der Waals surface area contributed by atoms with Gasteiger partial charge in [-0.3, -0.25) is 9.59 Å². The smallest absolute Gasteiger partial charge is 0.259 e. The molecule has 3 aromatic carbocycles. The SMILES string of the molecule is CCN(CC)c1ccc(N=C2C=C(C(=O)Nc3c(C)cc(C)cc3C)C(=O)c3ccccc32)c(C)c1. The van der Waals surface area contributed by atoms with Crippen LogP contribution >= 0.6 is 0 Å². The fourth-order valence-electron chi connectivity index (χ4n) is 4.83. The van der Waals surface area contributed by atoms with Gasteiger partial charge in [-0.15, -0.1) is 0 Å². The number of aliphatic imine (C=N–C) groups is 1. The summed E-state index contributed by atoms with van der Waals surface area (Å²) in [4.78, 5) is 33.9. The van der Waals surface area contributed by atoms with Gasteiger partial charge in [-0.25, -0.2) is 4.99 Å². The van der Waals surface area contributed by atoms with Crippen LogP contribution in [-0.2, 0) is 4.79 Å². The Balaban J connectivity index is 1.76. The number of carbonyl (C=O) groups is 2. The molecule has 0 spiro atoms. The van der Waals surface area contributed by atoms with Crippen LogP contribution in [0, 0.1) is 27.7 Å². The highest BCUT2D eigenvalue weighted by Gasteiger charge is 2.29. The van der Waals surface area contributed by atoms with Crippen LogP contribution in [0.3, 0.4) is 0 Å². The zero-order chi connectivity index (χ0) is 26.0. The molecular weight excluding hydrogens is 446 g/mol. The second-order valence-electron chi connectivity index (χ2n) is 9.30. The Morgan fingerprint density at radius 1 is 0.861 bits per heavy atom. The number of allylic oxidation sites excluding steroid dienone is 1. The fraction of sp³-hybridized carbons (Fsp3) is 0.258. The number of nitrogens with zero attached hydrogens (tertiary/aromatic N) is 2. The molecule has 5 nitrogen and oxygen atoms in total. The van der Waals surface area contributed by atoms with Crippen molar-refractivity contribution in [3.8, 4) is 0 Å². The Bertz CT molecular complexity index is 1390. The second kappa shape index (κ2) is 10.3. The first-order chi connectivity index (χ1) is 17.2. The maximum atomic E-state index is 13.4. The van der Waals surface area contributed by atoms with Gasteiger partial charge in [0.2, 0.25) is 0 Å². The summed E-state index contributed by atoms with van der Waals surface area (Å²) in [5, 5.41) is 2.98. The summed E-state index contributed by atoms with van der Waals surface area (Å²) in [5.74, 6) is -0.719. The summed E-state index contributed by atoms with van der Waals surface area (Å²) < 4.78 is 0. The van der Waals surface area contributed by atoms with Gasteiger partial charge in [0.15, 0.2) is 5.78 Å². The minimum absolute atomic E-state index is 0.0873. The first kappa shape index (κ1) is 25.1. The molecule has 1 amide bonds. The molecule has 0 radical (unpaired) electrons. The number of nitrogens with one attached hydrogen (secondary N) is 1. The number of ketones is 1. The zero-order valence-corrected chi connectivity index (χ0v) is 21.9.